The molecule has 52 valence electrons. The Morgan fingerprint density at radius 2 is 2.22 bits per heavy atom. The first kappa shape index (κ1) is 6.85. The molecule has 0 heteroatoms. The molecule has 1 aliphatic carbocycles. The third-order valence-corrected chi connectivity index (χ3v) is 2.22. The summed E-state index contributed by atoms with van der Waals surface area (Å²) in [6.07, 6.45) is 5.11. The van der Waals surface area contributed by atoms with Gasteiger partial charge in [0.25, 0.3) is 0 Å². The molecule has 0 aliphatic heterocycles. The highest BCUT2D eigenvalue weighted by Gasteiger charge is 2.15. The van der Waals surface area contributed by atoms with Gasteiger partial charge in [0.15, 0.2) is 0 Å². The van der Waals surface area contributed by atoms with Gasteiger partial charge in [-0.15, -0.1) is 0 Å². The Morgan fingerprint density at radius 3 is 2.44 bits per heavy atom. The summed E-state index contributed by atoms with van der Waals surface area (Å²) in [7, 11) is 0. The molecule has 0 N–H and O–H groups in total. The SMILES string of the molecule is CC(C)C1=CCCC1C. The Bertz CT molecular complexity index is 120. The molecule has 0 spiro atoms. The van der Waals surface area contributed by atoms with Crippen LogP contribution in [0.5, 0.6) is 0 Å². The monoisotopic (exact) mass is 124 g/mol. The Labute approximate surface area is 58.0 Å². The predicted octanol–water partition coefficient (Wildman–Crippen LogP) is 3.00. The fourth-order valence-electron chi connectivity index (χ4n) is 1.67. The minimum atomic E-state index is 0.780. The van der Waals surface area contributed by atoms with Crippen LogP contribution in [0, 0.1) is 11.8 Å². The standard InChI is InChI=1S/C9H16/c1-7(2)9-6-4-5-8(9)3/h6-8H,4-5H2,1-3H3. The second kappa shape index (κ2) is 2.55. The van der Waals surface area contributed by atoms with E-state index in [4.69, 9.17) is 0 Å². The lowest BCUT2D eigenvalue weighted by Gasteiger charge is -2.11. The average molecular weight is 124 g/mol. The molecule has 0 heterocycles. The van der Waals surface area contributed by atoms with Gasteiger partial charge in [-0.1, -0.05) is 32.4 Å². The van der Waals surface area contributed by atoms with Gasteiger partial charge in [0.05, 0.1) is 0 Å². The highest BCUT2D eigenvalue weighted by Crippen LogP contribution is 2.30. The molecule has 0 aromatic rings. The van der Waals surface area contributed by atoms with E-state index in [1.807, 2.05) is 0 Å². The fourth-order valence-corrected chi connectivity index (χ4v) is 1.67. The molecule has 1 aliphatic rings. The Balaban J connectivity index is 2.57. The highest BCUT2D eigenvalue weighted by molar-refractivity contribution is 5.13. The van der Waals surface area contributed by atoms with Crippen LogP contribution in [-0.4, -0.2) is 0 Å². The van der Waals surface area contributed by atoms with Gasteiger partial charge in [0, 0.05) is 0 Å². The lowest BCUT2D eigenvalue weighted by molar-refractivity contribution is 0.591. The second-order valence-corrected chi connectivity index (χ2v) is 3.34. The van der Waals surface area contributed by atoms with Crippen molar-refractivity contribution in [2.24, 2.45) is 11.8 Å². The molecule has 0 radical (unpaired) electrons. The highest BCUT2D eigenvalue weighted by atomic mass is 14.2. The quantitative estimate of drug-likeness (QED) is 0.471. The summed E-state index contributed by atoms with van der Waals surface area (Å²) >= 11 is 0. The van der Waals surface area contributed by atoms with E-state index >= 15 is 0 Å². The zero-order valence-corrected chi connectivity index (χ0v) is 6.65. The molecule has 0 saturated carbocycles. The van der Waals surface area contributed by atoms with Crippen molar-refractivity contribution in [3.8, 4) is 0 Å². The average Bonchev–Trinajstić information content (AvgIpc) is 2.13. The summed E-state index contributed by atoms with van der Waals surface area (Å²) < 4.78 is 0. The van der Waals surface area contributed by atoms with Gasteiger partial charge in [-0.25, -0.2) is 0 Å². The topological polar surface area (TPSA) is 0 Å². The number of allylic oxidation sites excluding steroid dienone is 2. The Hall–Kier alpha value is -0.260. The molecule has 1 unspecified atom stereocenters. The normalized spacial score (nSPS) is 27.1. The van der Waals surface area contributed by atoms with Gasteiger partial charge in [0.1, 0.15) is 0 Å². The molecule has 0 nitrogen and oxygen atoms in total. The first-order valence-corrected chi connectivity index (χ1v) is 3.91. The lowest BCUT2D eigenvalue weighted by atomic mass is 9.94. The van der Waals surface area contributed by atoms with Crippen LogP contribution in [0.3, 0.4) is 0 Å². The number of hydrogen-bond donors (Lipinski definition) is 0. The van der Waals surface area contributed by atoms with Crippen molar-refractivity contribution in [2.45, 2.75) is 33.6 Å². The van der Waals surface area contributed by atoms with E-state index in [9.17, 15) is 0 Å². The molecule has 1 rings (SSSR count). The lowest BCUT2D eigenvalue weighted by Crippen LogP contribution is -1.99. The van der Waals surface area contributed by atoms with Crippen molar-refractivity contribution in [2.75, 3.05) is 0 Å². The number of hydrogen-bond acceptors (Lipinski definition) is 0. The molecule has 9 heavy (non-hydrogen) atoms. The van der Waals surface area contributed by atoms with Gasteiger partial charge < -0.3 is 0 Å². The van der Waals surface area contributed by atoms with Crippen molar-refractivity contribution in [1.82, 2.24) is 0 Å². The van der Waals surface area contributed by atoms with E-state index in [2.05, 4.69) is 26.8 Å². The van der Waals surface area contributed by atoms with Crippen LogP contribution in [0.2, 0.25) is 0 Å². The zero-order chi connectivity index (χ0) is 6.85. The first-order valence-electron chi connectivity index (χ1n) is 3.91. The van der Waals surface area contributed by atoms with E-state index in [-0.39, 0.29) is 0 Å². The molecule has 0 saturated heterocycles. The Morgan fingerprint density at radius 1 is 1.56 bits per heavy atom. The van der Waals surface area contributed by atoms with Crippen molar-refractivity contribution >= 4 is 0 Å². The predicted molar refractivity (Wildman–Crippen MR) is 41.3 cm³/mol. The summed E-state index contributed by atoms with van der Waals surface area (Å²) in [4.78, 5) is 0. The Kier molecular flexibility index (Phi) is 1.94. The third-order valence-electron chi connectivity index (χ3n) is 2.22. The fraction of sp³-hybridized carbons (Fsp3) is 0.778. The molecule has 0 bridgehead atoms. The van der Waals surface area contributed by atoms with Crippen LogP contribution in [0.4, 0.5) is 0 Å². The molecule has 0 aromatic heterocycles. The van der Waals surface area contributed by atoms with Crippen LogP contribution >= 0.6 is 0 Å². The molecule has 0 amide bonds. The van der Waals surface area contributed by atoms with Gasteiger partial charge in [-0.2, -0.15) is 0 Å². The summed E-state index contributed by atoms with van der Waals surface area (Å²) in [5, 5.41) is 0. The van der Waals surface area contributed by atoms with Crippen molar-refractivity contribution in [3.63, 3.8) is 0 Å². The maximum Gasteiger partial charge on any atom is -0.0226 e. The van der Waals surface area contributed by atoms with Gasteiger partial charge in [-0.05, 0) is 24.7 Å². The summed E-state index contributed by atoms with van der Waals surface area (Å²) in [5.41, 5.74) is 1.68. The van der Waals surface area contributed by atoms with Crippen LogP contribution in [0.25, 0.3) is 0 Å². The van der Waals surface area contributed by atoms with Gasteiger partial charge >= 0.3 is 0 Å². The zero-order valence-electron chi connectivity index (χ0n) is 6.65. The minimum Gasteiger partial charge on any atom is -0.0848 e. The molecule has 1 atom stereocenters. The first-order chi connectivity index (χ1) is 4.22. The van der Waals surface area contributed by atoms with Crippen LogP contribution in [0.15, 0.2) is 11.6 Å². The maximum atomic E-state index is 2.41. The molecular weight excluding hydrogens is 108 g/mol. The van der Waals surface area contributed by atoms with E-state index < -0.39 is 0 Å². The summed E-state index contributed by atoms with van der Waals surface area (Å²) in [6.45, 7) is 6.90. The van der Waals surface area contributed by atoms with Crippen LogP contribution in [-0.2, 0) is 0 Å². The molecule has 0 aromatic carbocycles. The van der Waals surface area contributed by atoms with Crippen LogP contribution in [0.1, 0.15) is 33.6 Å². The number of rotatable bonds is 1. The largest absolute Gasteiger partial charge is 0.0848 e. The van der Waals surface area contributed by atoms with E-state index in [0.29, 0.717) is 0 Å². The second-order valence-electron chi connectivity index (χ2n) is 3.34. The summed E-state index contributed by atoms with van der Waals surface area (Å²) in [5.74, 6) is 1.65. The van der Waals surface area contributed by atoms with Gasteiger partial charge in [0.2, 0.25) is 0 Å². The van der Waals surface area contributed by atoms with E-state index in [1.165, 1.54) is 12.8 Å². The van der Waals surface area contributed by atoms with E-state index in [0.717, 1.165) is 11.8 Å². The van der Waals surface area contributed by atoms with Crippen molar-refractivity contribution < 1.29 is 0 Å². The maximum absolute atomic E-state index is 2.41. The smallest absolute Gasteiger partial charge is 0.0226 e. The third kappa shape index (κ3) is 1.35. The molecule has 0 fully saturated rings. The van der Waals surface area contributed by atoms with Gasteiger partial charge in [-0.3, -0.25) is 0 Å². The molecular formula is C9H16. The summed E-state index contributed by atoms with van der Waals surface area (Å²) in [6, 6.07) is 0. The minimum absolute atomic E-state index is 0.780. The van der Waals surface area contributed by atoms with E-state index in [1.54, 1.807) is 5.57 Å². The van der Waals surface area contributed by atoms with Crippen molar-refractivity contribution in [1.29, 1.82) is 0 Å². The van der Waals surface area contributed by atoms with Crippen molar-refractivity contribution in [3.05, 3.63) is 11.6 Å². The van der Waals surface area contributed by atoms with Crippen LogP contribution < -0.4 is 0 Å².